The lowest BCUT2D eigenvalue weighted by Crippen LogP contribution is -2.45. The fourth-order valence-electron chi connectivity index (χ4n) is 7.38. The number of morpholine rings is 1. The molecule has 266 valence electrons. The average molecular weight is 693 g/mol. The van der Waals surface area contributed by atoms with Gasteiger partial charge in [-0.15, -0.1) is 0 Å². The quantitative estimate of drug-likeness (QED) is 0.131. The Bertz CT molecular complexity index is 1940. The fourth-order valence-corrected chi connectivity index (χ4v) is 7.38. The van der Waals surface area contributed by atoms with Gasteiger partial charge in [0.15, 0.2) is 0 Å². The zero-order valence-electron chi connectivity index (χ0n) is 29.5. The molecule has 2 aliphatic rings. The highest BCUT2D eigenvalue weighted by Gasteiger charge is 2.34. The molecular weight excluding hydrogens is 646 g/mol. The fraction of sp³-hybridized carbons (Fsp3) is 0.415. The lowest BCUT2D eigenvalue weighted by atomic mass is 9.84. The second-order valence-electron chi connectivity index (χ2n) is 14.5. The molecule has 0 saturated carbocycles. The maximum Gasteiger partial charge on any atom is 0.228 e. The van der Waals surface area contributed by atoms with Crippen LogP contribution in [0.25, 0.3) is 33.4 Å². The Labute approximate surface area is 298 Å². The number of hydrogen-bond donors (Lipinski definition) is 0. The zero-order valence-corrected chi connectivity index (χ0v) is 29.5. The summed E-state index contributed by atoms with van der Waals surface area (Å²) < 4.78 is 38.1. The van der Waals surface area contributed by atoms with Crippen molar-refractivity contribution in [1.82, 2.24) is 29.5 Å². The number of ether oxygens (including phenoxy) is 1. The van der Waals surface area contributed by atoms with Gasteiger partial charge in [0.25, 0.3) is 0 Å². The summed E-state index contributed by atoms with van der Waals surface area (Å²) in [5, 5.41) is 4.69. The van der Waals surface area contributed by atoms with Crippen LogP contribution >= 0.6 is 0 Å². The smallest absolute Gasteiger partial charge is 0.228 e. The molecule has 2 saturated heterocycles. The van der Waals surface area contributed by atoms with Gasteiger partial charge in [-0.2, -0.15) is 5.10 Å². The predicted octanol–water partition coefficient (Wildman–Crippen LogP) is 7.87. The maximum absolute atomic E-state index is 15.4. The molecule has 0 radical (unpaired) electrons. The number of nitrogens with zero attached hydrogens (tertiary/aromatic N) is 6. The van der Waals surface area contributed by atoms with E-state index in [-0.39, 0.29) is 24.1 Å². The molecule has 0 atom stereocenters. The van der Waals surface area contributed by atoms with Crippen molar-refractivity contribution in [3.8, 4) is 22.4 Å². The number of hydrogen-bond acceptors (Lipinski definition) is 6. The number of amides is 1. The van der Waals surface area contributed by atoms with Crippen LogP contribution in [-0.4, -0.2) is 74.8 Å². The number of likely N-dealkylation sites (tertiary alicyclic amines) is 1. The zero-order chi connectivity index (χ0) is 35.4. The van der Waals surface area contributed by atoms with Gasteiger partial charge in [-0.3, -0.25) is 19.4 Å². The van der Waals surface area contributed by atoms with Crippen LogP contribution in [0.3, 0.4) is 0 Å². The van der Waals surface area contributed by atoms with Crippen LogP contribution < -0.4 is 0 Å². The molecule has 51 heavy (non-hydrogen) atoms. The molecule has 0 spiro atoms. The largest absolute Gasteiger partial charge is 0.379 e. The number of fused-ring (bicyclic) bond motifs is 1. The third-order valence-corrected chi connectivity index (χ3v) is 10.5. The Kier molecular flexibility index (Phi) is 10.5. The first-order valence-corrected chi connectivity index (χ1v) is 18.2. The van der Waals surface area contributed by atoms with Crippen molar-refractivity contribution < 1.29 is 18.3 Å². The predicted molar refractivity (Wildman–Crippen MR) is 195 cm³/mol. The molecule has 10 heteroatoms. The summed E-state index contributed by atoms with van der Waals surface area (Å²) >= 11 is 0. The van der Waals surface area contributed by atoms with Crippen LogP contribution in [0.5, 0.6) is 0 Å². The second-order valence-corrected chi connectivity index (χ2v) is 14.5. The number of aryl methyl sites for hydroxylation is 1. The van der Waals surface area contributed by atoms with Crippen molar-refractivity contribution in [2.45, 2.75) is 65.0 Å². The van der Waals surface area contributed by atoms with Crippen LogP contribution in [0.1, 0.15) is 63.1 Å². The first-order valence-electron chi connectivity index (χ1n) is 18.2. The topological polar surface area (TPSA) is 76.4 Å². The van der Waals surface area contributed by atoms with Gasteiger partial charge in [-0.1, -0.05) is 62.7 Å². The average Bonchev–Trinajstić information content (AvgIpc) is 3.66. The van der Waals surface area contributed by atoms with E-state index >= 15 is 8.78 Å². The van der Waals surface area contributed by atoms with Crippen LogP contribution in [-0.2, 0) is 22.5 Å². The highest BCUT2D eigenvalue weighted by atomic mass is 19.1. The van der Waals surface area contributed by atoms with Crippen molar-refractivity contribution in [1.29, 1.82) is 0 Å². The van der Waals surface area contributed by atoms with E-state index in [1.54, 1.807) is 12.4 Å². The summed E-state index contributed by atoms with van der Waals surface area (Å²) in [6, 6.07) is 19.0. The number of rotatable bonds is 11. The number of unbranched alkanes of at least 4 members (excludes halogenated alkanes) is 1. The van der Waals surface area contributed by atoms with E-state index in [1.807, 2.05) is 44.9 Å². The number of aromatic nitrogens is 4. The van der Waals surface area contributed by atoms with Gasteiger partial charge in [-0.25, -0.2) is 13.8 Å². The van der Waals surface area contributed by atoms with Gasteiger partial charge >= 0.3 is 0 Å². The minimum Gasteiger partial charge on any atom is -0.379 e. The molecule has 2 fully saturated rings. The van der Waals surface area contributed by atoms with Gasteiger partial charge in [0.05, 0.1) is 48.4 Å². The Morgan fingerprint density at radius 3 is 2.39 bits per heavy atom. The first-order chi connectivity index (χ1) is 24.7. The summed E-state index contributed by atoms with van der Waals surface area (Å²) in [6.45, 7) is 8.17. The van der Waals surface area contributed by atoms with Crippen LogP contribution in [0, 0.1) is 17.0 Å². The van der Waals surface area contributed by atoms with Gasteiger partial charge < -0.3 is 9.64 Å². The van der Waals surface area contributed by atoms with Crippen molar-refractivity contribution in [2.75, 3.05) is 39.4 Å². The maximum atomic E-state index is 15.4. The summed E-state index contributed by atoms with van der Waals surface area (Å²) in [5.41, 5.74) is 4.70. The Hall–Kier alpha value is -4.54. The summed E-state index contributed by atoms with van der Waals surface area (Å²) in [5.74, 6) is -0.918. The molecule has 0 N–H and O–H groups in total. The molecule has 1 amide bonds. The third-order valence-electron chi connectivity index (χ3n) is 10.5. The van der Waals surface area contributed by atoms with E-state index in [0.29, 0.717) is 67.2 Å². The number of carbonyl (C=O) groups excluding carboxylic acids is 1. The highest BCUT2D eigenvalue weighted by molar-refractivity contribution is 5.92. The van der Waals surface area contributed by atoms with Crippen LogP contribution in [0.2, 0.25) is 0 Å². The molecule has 7 rings (SSSR count). The summed E-state index contributed by atoms with van der Waals surface area (Å²) in [4.78, 5) is 27.1. The Morgan fingerprint density at radius 1 is 0.902 bits per heavy atom. The summed E-state index contributed by atoms with van der Waals surface area (Å²) in [6.07, 6.45) is 11.1. The number of benzene rings is 3. The van der Waals surface area contributed by atoms with Crippen molar-refractivity contribution in [2.24, 2.45) is 5.41 Å². The van der Waals surface area contributed by atoms with E-state index in [4.69, 9.17) is 9.72 Å². The van der Waals surface area contributed by atoms with Crippen molar-refractivity contribution in [3.05, 3.63) is 102 Å². The molecule has 8 nitrogen and oxygen atoms in total. The normalized spacial score (nSPS) is 16.2. The molecule has 0 unspecified atom stereocenters. The number of para-hydroxylation sites is 1. The molecule has 3 aromatic carbocycles. The Balaban J connectivity index is 0.997. The second kappa shape index (κ2) is 15.4. The third kappa shape index (κ3) is 8.02. The standard InChI is InChI=1S/C41H46F2N6O2/c1-41(2,16-7-6-11-29-9-4-3-5-10-29)40(50)48-17-14-32(15-18-48)49-27-31(25-45-49)38-26-44-37-13-8-12-33(39(37)46-38)30-23-35(42)34(36(43)24-30)28-47-19-21-51-22-20-47/h3-5,8-10,12-13,23-27,32H,6-7,11,14-22,28H2,1-2H3. The molecular formula is C41H46F2N6O2. The minimum atomic E-state index is -0.575. The van der Waals surface area contributed by atoms with Gasteiger partial charge in [0.1, 0.15) is 11.6 Å². The van der Waals surface area contributed by atoms with Gasteiger partial charge in [0.2, 0.25) is 5.91 Å². The Morgan fingerprint density at radius 2 is 1.65 bits per heavy atom. The lowest BCUT2D eigenvalue weighted by Gasteiger charge is -2.37. The monoisotopic (exact) mass is 692 g/mol. The molecule has 0 bridgehead atoms. The van der Waals surface area contributed by atoms with Gasteiger partial charge in [-0.05, 0) is 61.4 Å². The highest BCUT2D eigenvalue weighted by Crippen LogP contribution is 2.33. The van der Waals surface area contributed by atoms with E-state index in [1.165, 1.54) is 17.7 Å². The molecule has 2 aromatic heterocycles. The molecule has 0 aliphatic carbocycles. The van der Waals surface area contributed by atoms with Crippen LogP contribution in [0.4, 0.5) is 8.78 Å². The molecule has 2 aliphatic heterocycles. The van der Waals surface area contributed by atoms with Crippen molar-refractivity contribution >= 4 is 16.9 Å². The van der Waals surface area contributed by atoms with E-state index in [2.05, 4.69) is 48.2 Å². The first kappa shape index (κ1) is 34.9. The molecule has 4 heterocycles. The lowest BCUT2D eigenvalue weighted by molar-refractivity contribution is -0.142. The SMILES string of the molecule is CC(C)(CCCCc1ccccc1)C(=O)N1CCC(n2cc(-c3cnc4cccc(-c5cc(F)c(CN6CCOCC6)c(F)c5)c4n3)cn2)CC1. The number of halogens is 2. The van der Waals surface area contributed by atoms with E-state index in [0.717, 1.165) is 44.1 Å². The molecule has 5 aromatic rings. The van der Waals surface area contributed by atoms with Gasteiger partial charge in [0, 0.05) is 61.0 Å². The number of piperidine rings is 1. The van der Waals surface area contributed by atoms with Crippen molar-refractivity contribution in [3.63, 3.8) is 0 Å². The van der Waals surface area contributed by atoms with E-state index < -0.39 is 17.0 Å². The minimum absolute atomic E-state index is 0.0634. The van der Waals surface area contributed by atoms with Crippen LogP contribution in [0.15, 0.2) is 79.3 Å². The summed E-state index contributed by atoms with van der Waals surface area (Å²) in [7, 11) is 0. The van der Waals surface area contributed by atoms with E-state index in [9.17, 15) is 4.79 Å². The number of carbonyl (C=O) groups is 1.